The minimum absolute atomic E-state index is 0.0196. The fourth-order valence-corrected chi connectivity index (χ4v) is 3.42. The van der Waals surface area contributed by atoms with Gasteiger partial charge in [0, 0.05) is 48.6 Å². The van der Waals surface area contributed by atoms with Gasteiger partial charge in [0.25, 0.3) is 5.91 Å². The Morgan fingerprint density at radius 2 is 1.80 bits per heavy atom. The highest BCUT2D eigenvalue weighted by molar-refractivity contribution is 7.98. The number of hydrogen-bond donors (Lipinski definition) is 0. The highest BCUT2D eigenvalue weighted by Crippen LogP contribution is 2.22. The molecule has 0 saturated carbocycles. The van der Waals surface area contributed by atoms with E-state index in [1.807, 2.05) is 62.8 Å². The second-order valence-electron chi connectivity index (χ2n) is 5.98. The maximum atomic E-state index is 12.5. The molecule has 1 aromatic heterocycles. The van der Waals surface area contributed by atoms with Crippen molar-refractivity contribution in [2.24, 2.45) is 7.05 Å². The van der Waals surface area contributed by atoms with Crippen molar-refractivity contribution in [1.82, 2.24) is 14.7 Å². The number of carbonyl (C=O) groups excluding carboxylic acids is 1. The molecule has 0 spiro atoms. The Morgan fingerprint density at radius 3 is 2.44 bits per heavy atom. The van der Waals surface area contributed by atoms with Gasteiger partial charge in [-0.1, -0.05) is 30.3 Å². The summed E-state index contributed by atoms with van der Waals surface area (Å²) in [5, 5.41) is 4.14. The first-order valence-corrected chi connectivity index (χ1v) is 9.10. The first-order valence-electron chi connectivity index (χ1n) is 8.11. The van der Waals surface area contributed by atoms with Crippen LogP contribution in [0.3, 0.4) is 0 Å². The molecule has 5 heteroatoms. The van der Waals surface area contributed by atoms with Crippen LogP contribution in [0.5, 0.6) is 0 Å². The van der Waals surface area contributed by atoms with Crippen LogP contribution < -0.4 is 0 Å². The average molecular weight is 351 g/mol. The molecule has 3 aromatic rings. The number of thioether (sulfide) groups is 1. The SMILES string of the molecule is CN(Cc1cnn(C)c1)C(=O)c1ccc(CSc2ccccc2)cc1. The highest BCUT2D eigenvalue weighted by Gasteiger charge is 2.12. The van der Waals surface area contributed by atoms with Gasteiger partial charge in [-0.25, -0.2) is 0 Å². The summed E-state index contributed by atoms with van der Waals surface area (Å²) in [6.45, 7) is 0.554. The number of rotatable bonds is 6. The van der Waals surface area contributed by atoms with Crippen molar-refractivity contribution in [2.75, 3.05) is 7.05 Å². The van der Waals surface area contributed by atoms with Crippen molar-refractivity contribution in [1.29, 1.82) is 0 Å². The Morgan fingerprint density at radius 1 is 1.08 bits per heavy atom. The van der Waals surface area contributed by atoms with E-state index in [0.29, 0.717) is 12.1 Å². The van der Waals surface area contributed by atoms with Crippen LogP contribution in [0.4, 0.5) is 0 Å². The second-order valence-corrected chi connectivity index (χ2v) is 7.03. The first-order chi connectivity index (χ1) is 12.1. The number of aryl methyl sites for hydroxylation is 1. The zero-order chi connectivity index (χ0) is 17.6. The Bertz CT molecular complexity index is 828. The normalized spacial score (nSPS) is 10.6. The maximum absolute atomic E-state index is 12.5. The lowest BCUT2D eigenvalue weighted by Crippen LogP contribution is -2.26. The van der Waals surface area contributed by atoms with E-state index in [-0.39, 0.29) is 5.91 Å². The molecule has 0 atom stereocenters. The zero-order valence-electron chi connectivity index (χ0n) is 14.4. The minimum Gasteiger partial charge on any atom is -0.337 e. The van der Waals surface area contributed by atoms with Crippen LogP contribution in [0.25, 0.3) is 0 Å². The standard InChI is InChI=1S/C20H21N3OS/c1-22(13-17-12-21-23(2)14-17)20(24)18-10-8-16(9-11-18)15-25-19-6-4-3-5-7-19/h3-12,14H,13,15H2,1-2H3. The van der Waals surface area contributed by atoms with Crippen LogP contribution >= 0.6 is 11.8 Å². The number of carbonyl (C=O) groups is 1. The molecule has 0 N–H and O–H groups in total. The first kappa shape index (κ1) is 17.3. The van der Waals surface area contributed by atoms with E-state index in [1.165, 1.54) is 10.5 Å². The Hall–Kier alpha value is -2.53. The van der Waals surface area contributed by atoms with Crippen molar-refractivity contribution in [3.63, 3.8) is 0 Å². The number of amides is 1. The predicted octanol–water partition coefficient (Wildman–Crippen LogP) is 3.98. The lowest BCUT2D eigenvalue weighted by atomic mass is 10.1. The molecule has 3 rings (SSSR count). The van der Waals surface area contributed by atoms with E-state index in [1.54, 1.807) is 27.5 Å². The van der Waals surface area contributed by atoms with Gasteiger partial charge in [0.1, 0.15) is 0 Å². The van der Waals surface area contributed by atoms with Crippen molar-refractivity contribution in [3.8, 4) is 0 Å². The molecule has 2 aromatic carbocycles. The van der Waals surface area contributed by atoms with Crippen molar-refractivity contribution < 1.29 is 4.79 Å². The van der Waals surface area contributed by atoms with Crippen molar-refractivity contribution in [3.05, 3.63) is 83.7 Å². The van der Waals surface area contributed by atoms with Crippen molar-refractivity contribution in [2.45, 2.75) is 17.2 Å². The predicted molar refractivity (Wildman–Crippen MR) is 101 cm³/mol. The lowest BCUT2D eigenvalue weighted by molar-refractivity contribution is 0.0785. The topological polar surface area (TPSA) is 38.1 Å². The maximum Gasteiger partial charge on any atom is 0.253 e. The van der Waals surface area contributed by atoms with Crippen LogP contribution in [-0.4, -0.2) is 27.6 Å². The van der Waals surface area contributed by atoms with Gasteiger partial charge in [0.2, 0.25) is 0 Å². The molecular formula is C20H21N3OS. The molecule has 4 nitrogen and oxygen atoms in total. The second kappa shape index (κ2) is 8.03. The molecule has 128 valence electrons. The number of hydrogen-bond acceptors (Lipinski definition) is 3. The highest BCUT2D eigenvalue weighted by atomic mass is 32.2. The van der Waals surface area contributed by atoms with Gasteiger partial charge in [-0.3, -0.25) is 9.48 Å². The molecule has 0 unspecified atom stereocenters. The fourth-order valence-electron chi connectivity index (χ4n) is 2.55. The molecule has 1 heterocycles. The Balaban J connectivity index is 1.58. The molecule has 0 radical (unpaired) electrons. The summed E-state index contributed by atoms with van der Waals surface area (Å²) >= 11 is 1.79. The van der Waals surface area contributed by atoms with E-state index >= 15 is 0 Å². The average Bonchev–Trinajstić information content (AvgIpc) is 3.05. The van der Waals surface area contributed by atoms with Crippen LogP contribution in [-0.2, 0) is 19.3 Å². The van der Waals surface area contributed by atoms with E-state index in [2.05, 4.69) is 17.2 Å². The smallest absolute Gasteiger partial charge is 0.253 e. The van der Waals surface area contributed by atoms with E-state index in [4.69, 9.17) is 0 Å². The third-order valence-corrected chi connectivity index (χ3v) is 4.96. The molecule has 0 fully saturated rings. The number of benzene rings is 2. The van der Waals surface area contributed by atoms with Gasteiger partial charge in [-0.05, 0) is 29.8 Å². The van der Waals surface area contributed by atoms with Crippen LogP contribution in [0, 0.1) is 0 Å². The lowest BCUT2D eigenvalue weighted by Gasteiger charge is -2.16. The van der Waals surface area contributed by atoms with Gasteiger partial charge in [0.15, 0.2) is 0 Å². The van der Waals surface area contributed by atoms with Gasteiger partial charge >= 0.3 is 0 Å². The summed E-state index contributed by atoms with van der Waals surface area (Å²) in [4.78, 5) is 15.5. The molecule has 0 aliphatic rings. The van der Waals surface area contributed by atoms with Crippen LogP contribution in [0.15, 0.2) is 71.9 Å². The van der Waals surface area contributed by atoms with Gasteiger partial charge in [-0.2, -0.15) is 5.10 Å². The fraction of sp³-hybridized carbons (Fsp3) is 0.200. The third kappa shape index (κ3) is 4.73. The van der Waals surface area contributed by atoms with Crippen LogP contribution in [0.1, 0.15) is 21.5 Å². The summed E-state index contributed by atoms with van der Waals surface area (Å²) in [6, 6.07) is 18.2. The number of nitrogens with zero attached hydrogens (tertiary/aromatic N) is 3. The summed E-state index contributed by atoms with van der Waals surface area (Å²) in [5.41, 5.74) is 2.94. The van der Waals surface area contributed by atoms with E-state index < -0.39 is 0 Å². The van der Waals surface area contributed by atoms with Gasteiger partial charge in [0.05, 0.1) is 6.20 Å². The molecular weight excluding hydrogens is 330 g/mol. The summed E-state index contributed by atoms with van der Waals surface area (Å²) in [7, 11) is 3.69. The Kier molecular flexibility index (Phi) is 5.56. The monoisotopic (exact) mass is 351 g/mol. The molecule has 0 bridgehead atoms. The quantitative estimate of drug-likeness (QED) is 0.630. The third-order valence-electron chi connectivity index (χ3n) is 3.87. The van der Waals surface area contributed by atoms with Crippen LogP contribution in [0.2, 0.25) is 0 Å². The number of aromatic nitrogens is 2. The summed E-state index contributed by atoms with van der Waals surface area (Å²) in [5.74, 6) is 0.912. The molecule has 0 saturated heterocycles. The van der Waals surface area contributed by atoms with Crippen molar-refractivity contribution >= 4 is 17.7 Å². The summed E-state index contributed by atoms with van der Waals surface area (Å²) < 4.78 is 1.74. The largest absolute Gasteiger partial charge is 0.337 e. The minimum atomic E-state index is 0.0196. The molecule has 1 amide bonds. The molecule has 25 heavy (non-hydrogen) atoms. The zero-order valence-corrected chi connectivity index (χ0v) is 15.2. The van der Waals surface area contributed by atoms with E-state index in [9.17, 15) is 4.79 Å². The van der Waals surface area contributed by atoms with Gasteiger partial charge < -0.3 is 4.90 Å². The molecule has 0 aliphatic heterocycles. The summed E-state index contributed by atoms with van der Waals surface area (Å²) in [6.07, 6.45) is 3.71. The molecule has 0 aliphatic carbocycles. The Labute approximate surface area is 152 Å². The van der Waals surface area contributed by atoms with Gasteiger partial charge in [-0.15, -0.1) is 11.8 Å². The van der Waals surface area contributed by atoms with E-state index in [0.717, 1.165) is 11.3 Å².